The van der Waals surface area contributed by atoms with Crippen LogP contribution in [0.25, 0.3) is 10.6 Å². The maximum absolute atomic E-state index is 10.6. The molecule has 1 aliphatic heterocycles. The number of carboxylic acid groups (broad SMARTS) is 1. The monoisotopic (exact) mass is 332 g/mol. The van der Waals surface area contributed by atoms with Gasteiger partial charge in [0.25, 0.3) is 0 Å². The van der Waals surface area contributed by atoms with Crippen LogP contribution in [-0.4, -0.2) is 37.2 Å². The van der Waals surface area contributed by atoms with E-state index >= 15 is 0 Å². The van der Waals surface area contributed by atoms with E-state index < -0.39 is 5.97 Å². The zero-order valence-corrected chi connectivity index (χ0v) is 13.7. The highest BCUT2D eigenvalue weighted by atomic mass is 32.1. The zero-order valence-electron chi connectivity index (χ0n) is 12.9. The minimum absolute atomic E-state index is 0.142. The highest BCUT2D eigenvalue weighted by Crippen LogP contribution is 2.25. The van der Waals surface area contributed by atoms with Crippen molar-refractivity contribution in [2.45, 2.75) is 19.3 Å². The summed E-state index contributed by atoms with van der Waals surface area (Å²) in [7, 11) is 0. The number of benzene rings is 1. The van der Waals surface area contributed by atoms with Gasteiger partial charge in [0.1, 0.15) is 23.9 Å². The number of quaternary nitrogens is 1. The lowest BCUT2D eigenvalue weighted by Crippen LogP contribution is -3.10. The molecule has 1 aromatic heterocycles. The predicted octanol–water partition coefficient (Wildman–Crippen LogP) is 0.160. The zero-order chi connectivity index (χ0) is 16.1. The smallest absolute Gasteiger partial charge is 0.137 e. The van der Waals surface area contributed by atoms with Crippen LogP contribution in [0.5, 0.6) is 5.75 Å². The molecule has 23 heavy (non-hydrogen) atoms. The van der Waals surface area contributed by atoms with E-state index in [2.05, 4.69) is 4.98 Å². The molecule has 3 rings (SSSR count). The molecule has 0 spiro atoms. The molecule has 1 N–H and O–H groups in total. The molecule has 2 heterocycles. The van der Waals surface area contributed by atoms with Gasteiger partial charge in [-0.1, -0.05) is 0 Å². The van der Waals surface area contributed by atoms with Gasteiger partial charge < -0.3 is 19.5 Å². The summed E-state index contributed by atoms with van der Waals surface area (Å²) >= 11 is 1.44. The Bertz CT molecular complexity index is 648. The van der Waals surface area contributed by atoms with Crippen LogP contribution in [-0.2, 0) is 11.2 Å². The number of hydrogen-bond acceptors (Lipinski definition) is 5. The minimum atomic E-state index is -1.11. The van der Waals surface area contributed by atoms with Crippen molar-refractivity contribution in [3.63, 3.8) is 0 Å². The number of carboxylic acids is 1. The predicted molar refractivity (Wildman–Crippen MR) is 86.6 cm³/mol. The quantitative estimate of drug-likeness (QED) is 0.784. The Hall–Kier alpha value is -1.92. The van der Waals surface area contributed by atoms with E-state index in [1.165, 1.54) is 37.3 Å². The average molecular weight is 332 g/mol. The first kappa shape index (κ1) is 16.0. The number of nitrogens with zero attached hydrogens (tertiary/aromatic N) is 1. The third-order valence-electron chi connectivity index (χ3n) is 4.01. The van der Waals surface area contributed by atoms with Crippen molar-refractivity contribution in [1.29, 1.82) is 0 Å². The van der Waals surface area contributed by atoms with Crippen molar-refractivity contribution < 1.29 is 19.5 Å². The summed E-state index contributed by atoms with van der Waals surface area (Å²) < 4.78 is 5.79. The van der Waals surface area contributed by atoms with E-state index in [-0.39, 0.29) is 6.42 Å². The maximum Gasteiger partial charge on any atom is 0.137 e. The Morgan fingerprint density at radius 2 is 2.00 bits per heavy atom. The van der Waals surface area contributed by atoms with Crippen LogP contribution in [0.4, 0.5) is 0 Å². The van der Waals surface area contributed by atoms with Gasteiger partial charge in [0.05, 0.1) is 18.8 Å². The van der Waals surface area contributed by atoms with Gasteiger partial charge in [-0.05, 0) is 24.3 Å². The summed E-state index contributed by atoms with van der Waals surface area (Å²) in [6.45, 7) is 4.32. The average Bonchev–Trinajstić information content (AvgIpc) is 3.19. The molecule has 0 amide bonds. The Morgan fingerprint density at radius 1 is 1.26 bits per heavy atom. The highest BCUT2D eigenvalue weighted by Gasteiger charge is 2.14. The summed E-state index contributed by atoms with van der Waals surface area (Å²) in [6.07, 6.45) is 2.52. The molecule has 122 valence electrons. The molecule has 1 aliphatic rings. The summed E-state index contributed by atoms with van der Waals surface area (Å²) in [4.78, 5) is 16.5. The van der Waals surface area contributed by atoms with E-state index in [0.717, 1.165) is 29.5 Å². The standard InChI is InChI=1S/C17H20N2O3S/c20-16(21)11-14-12-23-17(18-14)13-3-5-15(6-4-13)22-10-9-19-7-1-2-8-19/h3-6,12H,1-2,7-11H2,(H,20,21). The Morgan fingerprint density at radius 3 is 2.70 bits per heavy atom. The molecule has 6 heteroatoms. The SMILES string of the molecule is O=C([O-])Cc1csc(-c2ccc(OCC[NH+]3CCCC3)cc2)n1. The lowest BCUT2D eigenvalue weighted by atomic mass is 10.2. The molecular weight excluding hydrogens is 312 g/mol. The first-order valence-electron chi connectivity index (χ1n) is 7.92. The molecule has 0 bridgehead atoms. The van der Waals surface area contributed by atoms with Gasteiger partial charge in [-0.15, -0.1) is 11.3 Å². The fourth-order valence-electron chi connectivity index (χ4n) is 2.80. The normalized spacial score (nSPS) is 15.0. The summed E-state index contributed by atoms with van der Waals surface area (Å²) in [5, 5.41) is 13.2. The van der Waals surface area contributed by atoms with Gasteiger partial charge in [0, 0.05) is 36.2 Å². The number of carbonyl (C=O) groups is 1. The molecule has 0 unspecified atom stereocenters. The summed E-state index contributed by atoms with van der Waals surface area (Å²) in [5.41, 5.74) is 1.51. The van der Waals surface area contributed by atoms with Crippen molar-refractivity contribution in [3.05, 3.63) is 35.3 Å². The second-order valence-electron chi connectivity index (χ2n) is 5.77. The van der Waals surface area contributed by atoms with Gasteiger partial charge in [0.15, 0.2) is 0 Å². The molecular formula is C17H20N2O3S. The van der Waals surface area contributed by atoms with Crippen LogP contribution in [0.3, 0.4) is 0 Å². The summed E-state index contributed by atoms with van der Waals surface area (Å²) in [5.74, 6) is -0.246. The second kappa shape index (κ2) is 7.57. The number of likely N-dealkylation sites (tertiary alicyclic amines) is 1. The fourth-order valence-corrected chi connectivity index (χ4v) is 3.63. The summed E-state index contributed by atoms with van der Waals surface area (Å²) in [6, 6.07) is 7.79. The van der Waals surface area contributed by atoms with Gasteiger partial charge in [-0.25, -0.2) is 4.98 Å². The number of hydrogen-bond donors (Lipinski definition) is 1. The van der Waals surface area contributed by atoms with Crippen molar-refractivity contribution >= 4 is 17.3 Å². The van der Waals surface area contributed by atoms with Gasteiger partial charge in [-0.3, -0.25) is 0 Å². The number of ether oxygens (including phenoxy) is 1. The van der Waals surface area contributed by atoms with Crippen LogP contribution in [0.1, 0.15) is 18.5 Å². The Balaban J connectivity index is 1.53. The van der Waals surface area contributed by atoms with E-state index in [9.17, 15) is 9.90 Å². The number of carbonyl (C=O) groups excluding carboxylic acids is 1. The van der Waals surface area contributed by atoms with E-state index in [0.29, 0.717) is 5.69 Å². The van der Waals surface area contributed by atoms with Crippen LogP contribution < -0.4 is 14.7 Å². The molecule has 1 saturated heterocycles. The largest absolute Gasteiger partial charge is 0.550 e. The third kappa shape index (κ3) is 4.53. The maximum atomic E-state index is 10.6. The molecule has 1 aromatic carbocycles. The van der Waals surface area contributed by atoms with E-state index in [1.807, 2.05) is 24.3 Å². The van der Waals surface area contributed by atoms with Crippen molar-refractivity contribution in [2.75, 3.05) is 26.2 Å². The second-order valence-corrected chi connectivity index (χ2v) is 6.63. The Kier molecular flexibility index (Phi) is 5.25. The number of nitrogens with one attached hydrogen (secondary N) is 1. The minimum Gasteiger partial charge on any atom is -0.550 e. The first-order valence-corrected chi connectivity index (χ1v) is 8.80. The van der Waals surface area contributed by atoms with Crippen molar-refractivity contribution in [1.82, 2.24) is 4.98 Å². The fraction of sp³-hybridized carbons (Fsp3) is 0.412. The molecule has 2 aromatic rings. The Labute approximate surface area is 139 Å². The number of rotatable bonds is 7. The molecule has 5 nitrogen and oxygen atoms in total. The molecule has 0 radical (unpaired) electrons. The van der Waals surface area contributed by atoms with Crippen LogP contribution in [0, 0.1) is 0 Å². The lowest BCUT2D eigenvalue weighted by Gasteiger charge is -2.12. The molecule has 0 saturated carbocycles. The van der Waals surface area contributed by atoms with Crippen LogP contribution >= 0.6 is 11.3 Å². The van der Waals surface area contributed by atoms with Crippen LogP contribution in [0.15, 0.2) is 29.6 Å². The van der Waals surface area contributed by atoms with Gasteiger partial charge in [-0.2, -0.15) is 0 Å². The number of aromatic nitrogens is 1. The first-order chi connectivity index (χ1) is 11.2. The van der Waals surface area contributed by atoms with Crippen molar-refractivity contribution in [2.24, 2.45) is 0 Å². The topological polar surface area (TPSA) is 66.7 Å². The molecule has 0 atom stereocenters. The number of thiazole rings is 1. The molecule has 0 aliphatic carbocycles. The van der Waals surface area contributed by atoms with Crippen molar-refractivity contribution in [3.8, 4) is 16.3 Å². The van der Waals surface area contributed by atoms with Crippen LogP contribution in [0.2, 0.25) is 0 Å². The van der Waals surface area contributed by atoms with E-state index in [1.54, 1.807) is 10.3 Å². The molecule has 1 fully saturated rings. The van der Waals surface area contributed by atoms with Gasteiger partial charge in [0.2, 0.25) is 0 Å². The number of aliphatic carboxylic acids is 1. The van der Waals surface area contributed by atoms with Gasteiger partial charge >= 0.3 is 0 Å². The highest BCUT2D eigenvalue weighted by molar-refractivity contribution is 7.13. The third-order valence-corrected chi connectivity index (χ3v) is 4.95. The van der Waals surface area contributed by atoms with E-state index in [4.69, 9.17) is 4.74 Å². The lowest BCUT2D eigenvalue weighted by molar-refractivity contribution is -0.887.